The lowest BCUT2D eigenvalue weighted by Gasteiger charge is -2.08. The lowest BCUT2D eigenvalue weighted by atomic mass is 10.0. The molecule has 2 heterocycles. The van der Waals surface area contributed by atoms with E-state index in [4.69, 9.17) is 11.6 Å². The molecule has 24 heavy (non-hydrogen) atoms. The Morgan fingerprint density at radius 1 is 1.00 bits per heavy atom. The molecule has 0 aliphatic rings. The van der Waals surface area contributed by atoms with E-state index in [0.717, 1.165) is 46.3 Å². The van der Waals surface area contributed by atoms with E-state index in [0.29, 0.717) is 5.02 Å². The lowest BCUT2D eigenvalue weighted by Crippen LogP contribution is -1.91. The highest BCUT2D eigenvalue weighted by atomic mass is 35.5. The molecule has 0 saturated heterocycles. The zero-order chi connectivity index (χ0) is 17.5. The molecule has 0 saturated carbocycles. The summed E-state index contributed by atoms with van der Waals surface area (Å²) in [6.45, 7) is 12.2. The molecule has 0 bridgehead atoms. The van der Waals surface area contributed by atoms with Crippen molar-refractivity contribution in [2.45, 2.75) is 26.7 Å². The molecule has 4 heteroatoms. The molecule has 0 amide bonds. The monoisotopic (exact) mass is 339 g/mol. The number of para-hydroxylation sites is 1. The van der Waals surface area contributed by atoms with Crippen LogP contribution in [0.4, 0.5) is 0 Å². The summed E-state index contributed by atoms with van der Waals surface area (Å²) in [5, 5.41) is 9.12. The predicted molar refractivity (Wildman–Crippen MR) is 104 cm³/mol. The van der Waals surface area contributed by atoms with Gasteiger partial charge in [-0.15, -0.1) is 0 Å². The normalized spacial score (nSPS) is 10.1. The molecule has 3 nitrogen and oxygen atoms in total. The first-order chi connectivity index (χ1) is 11.7. The Bertz CT molecular complexity index is 849. The van der Waals surface area contributed by atoms with Crippen molar-refractivity contribution in [3.63, 3.8) is 0 Å². The number of nitrogens with one attached hydrogen (secondary N) is 1. The van der Waals surface area contributed by atoms with E-state index in [1.54, 1.807) is 6.20 Å². The van der Waals surface area contributed by atoms with Gasteiger partial charge in [0.05, 0.1) is 21.9 Å². The maximum atomic E-state index is 6.15. The fourth-order valence-electron chi connectivity index (χ4n) is 2.42. The molecule has 3 rings (SSSR count). The molecule has 0 aliphatic carbocycles. The van der Waals surface area contributed by atoms with E-state index >= 15 is 0 Å². The van der Waals surface area contributed by atoms with E-state index in [1.807, 2.05) is 50.2 Å². The van der Waals surface area contributed by atoms with Crippen LogP contribution in [0.1, 0.15) is 38.1 Å². The van der Waals surface area contributed by atoms with Crippen LogP contribution in [-0.4, -0.2) is 15.2 Å². The quantitative estimate of drug-likeness (QED) is 0.606. The summed E-state index contributed by atoms with van der Waals surface area (Å²) in [4.78, 5) is 4.29. The van der Waals surface area contributed by atoms with Crippen LogP contribution in [0.15, 0.2) is 55.8 Å². The van der Waals surface area contributed by atoms with E-state index in [9.17, 15) is 0 Å². The Morgan fingerprint density at radius 3 is 2.38 bits per heavy atom. The van der Waals surface area contributed by atoms with E-state index in [1.165, 1.54) is 0 Å². The highest BCUT2D eigenvalue weighted by Gasteiger charge is 2.11. The van der Waals surface area contributed by atoms with Crippen molar-refractivity contribution in [2.75, 3.05) is 0 Å². The van der Waals surface area contributed by atoms with Crippen molar-refractivity contribution in [1.29, 1.82) is 0 Å². The Morgan fingerprint density at radius 2 is 1.67 bits per heavy atom. The van der Waals surface area contributed by atoms with Gasteiger partial charge in [0.1, 0.15) is 0 Å². The summed E-state index contributed by atoms with van der Waals surface area (Å²) in [7, 11) is 0. The number of H-pyrrole nitrogens is 1. The molecule has 0 spiro atoms. The van der Waals surface area contributed by atoms with Gasteiger partial charge in [0.2, 0.25) is 0 Å². The topological polar surface area (TPSA) is 41.6 Å². The third kappa shape index (κ3) is 3.92. The Labute approximate surface area is 148 Å². The number of halogens is 1. The summed E-state index contributed by atoms with van der Waals surface area (Å²) in [6, 6.07) is 11.7. The zero-order valence-corrected chi connectivity index (χ0v) is 14.9. The fourth-order valence-corrected chi connectivity index (χ4v) is 2.67. The van der Waals surface area contributed by atoms with Crippen LogP contribution in [0.5, 0.6) is 0 Å². The molecule has 1 N–H and O–H groups in total. The van der Waals surface area contributed by atoms with Crippen LogP contribution in [-0.2, 0) is 0 Å². The number of aromatic nitrogens is 3. The molecule has 0 fully saturated rings. The van der Waals surface area contributed by atoms with Crippen LogP contribution in [0.2, 0.25) is 5.02 Å². The average molecular weight is 340 g/mol. The van der Waals surface area contributed by atoms with Gasteiger partial charge in [-0.2, -0.15) is 5.10 Å². The molecule has 2 aromatic heterocycles. The minimum absolute atomic E-state index is 0.628. The van der Waals surface area contributed by atoms with Crippen molar-refractivity contribution >= 4 is 33.7 Å². The lowest BCUT2D eigenvalue weighted by molar-refractivity contribution is 1.04. The molecule has 3 aromatic rings. The molecule has 0 unspecified atom stereocenters. The molecule has 0 aliphatic heterocycles. The SMILES string of the molecule is C=C(CCC(=C)c1n[nH]c2ccccc12)c1ncccc1Cl.CC. The van der Waals surface area contributed by atoms with Gasteiger partial charge in [-0.3, -0.25) is 10.1 Å². The van der Waals surface area contributed by atoms with Crippen LogP contribution in [0, 0.1) is 0 Å². The number of pyridine rings is 1. The molecule has 124 valence electrons. The van der Waals surface area contributed by atoms with Gasteiger partial charge >= 0.3 is 0 Å². The second-order valence-electron chi connectivity index (χ2n) is 5.16. The highest BCUT2D eigenvalue weighted by Crippen LogP contribution is 2.29. The Balaban J connectivity index is 0.00000100. The second kappa shape index (κ2) is 8.46. The maximum absolute atomic E-state index is 6.15. The van der Waals surface area contributed by atoms with Gasteiger partial charge in [0, 0.05) is 11.6 Å². The fraction of sp³-hybridized carbons (Fsp3) is 0.200. The minimum atomic E-state index is 0.628. The number of allylic oxidation sites excluding steroid dienone is 2. The van der Waals surface area contributed by atoms with Crippen molar-refractivity contribution in [1.82, 2.24) is 15.2 Å². The minimum Gasteiger partial charge on any atom is -0.277 e. The van der Waals surface area contributed by atoms with Gasteiger partial charge in [-0.25, -0.2) is 0 Å². The summed E-state index contributed by atoms with van der Waals surface area (Å²) in [6.07, 6.45) is 3.24. The molecule has 1 aromatic carbocycles. The maximum Gasteiger partial charge on any atom is 0.0953 e. The van der Waals surface area contributed by atoms with E-state index < -0.39 is 0 Å². The van der Waals surface area contributed by atoms with Gasteiger partial charge in [-0.05, 0) is 42.2 Å². The van der Waals surface area contributed by atoms with Crippen molar-refractivity contribution < 1.29 is 0 Å². The van der Waals surface area contributed by atoms with Crippen LogP contribution < -0.4 is 0 Å². The van der Waals surface area contributed by atoms with Gasteiger partial charge < -0.3 is 0 Å². The predicted octanol–water partition coefficient (Wildman–Crippen LogP) is 6.14. The van der Waals surface area contributed by atoms with Crippen LogP contribution in [0.25, 0.3) is 22.0 Å². The van der Waals surface area contributed by atoms with Crippen LogP contribution in [0.3, 0.4) is 0 Å². The highest BCUT2D eigenvalue weighted by molar-refractivity contribution is 6.32. The largest absolute Gasteiger partial charge is 0.277 e. The van der Waals surface area contributed by atoms with Crippen molar-refractivity contribution in [3.8, 4) is 0 Å². The van der Waals surface area contributed by atoms with Crippen molar-refractivity contribution in [2.24, 2.45) is 0 Å². The number of fused-ring (bicyclic) bond motifs is 1. The summed E-state index contributed by atoms with van der Waals surface area (Å²) in [5.74, 6) is 0. The van der Waals surface area contributed by atoms with Crippen LogP contribution >= 0.6 is 11.6 Å². The number of hydrogen-bond donors (Lipinski definition) is 1. The second-order valence-corrected chi connectivity index (χ2v) is 5.57. The van der Waals surface area contributed by atoms with Gasteiger partial charge in [0.15, 0.2) is 0 Å². The van der Waals surface area contributed by atoms with Gasteiger partial charge in [-0.1, -0.05) is 56.8 Å². The number of aromatic amines is 1. The third-order valence-corrected chi connectivity index (χ3v) is 3.93. The summed E-state index contributed by atoms with van der Waals surface area (Å²) < 4.78 is 0. The van der Waals surface area contributed by atoms with Gasteiger partial charge in [0.25, 0.3) is 0 Å². The first-order valence-electron chi connectivity index (χ1n) is 8.06. The number of benzene rings is 1. The molecular formula is C20H22ClN3. The Hall–Kier alpha value is -2.39. The molecule has 0 radical (unpaired) electrons. The molecular weight excluding hydrogens is 318 g/mol. The average Bonchev–Trinajstić information content (AvgIpc) is 3.06. The smallest absolute Gasteiger partial charge is 0.0953 e. The zero-order valence-electron chi connectivity index (χ0n) is 14.1. The summed E-state index contributed by atoms with van der Waals surface area (Å²) >= 11 is 6.15. The number of nitrogens with zero attached hydrogens (tertiary/aromatic N) is 2. The Kier molecular flexibility index (Phi) is 6.33. The van der Waals surface area contributed by atoms with E-state index in [2.05, 4.69) is 28.3 Å². The summed E-state index contributed by atoms with van der Waals surface area (Å²) in [5.41, 5.74) is 4.57. The first kappa shape index (κ1) is 18.0. The number of hydrogen-bond acceptors (Lipinski definition) is 2. The number of rotatable bonds is 5. The van der Waals surface area contributed by atoms with E-state index in [-0.39, 0.29) is 0 Å². The van der Waals surface area contributed by atoms with Crippen molar-refractivity contribution in [3.05, 3.63) is 72.2 Å². The third-order valence-electron chi connectivity index (χ3n) is 3.63. The standard InChI is InChI=1S/C18H16ClN3.C2H6/c1-12(17-14-6-3-4-8-16(14)21-22-17)9-10-13(2)18-15(19)7-5-11-20-18;1-2/h3-8,11H,1-2,9-10H2,(H,21,22);1-2H3. The molecule has 0 atom stereocenters. The first-order valence-corrected chi connectivity index (χ1v) is 8.44.